The van der Waals surface area contributed by atoms with E-state index in [0.717, 1.165) is 51.0 Å². The molecule has 4 heterocycles. The lowest BCUT2D eigenvalue weighted by molar-refractivity contribution is -0.196. The Morgan fingerprint density at radius 3 is 2.78 bits per heavy atom. The van der Waals surface area contributed by atoms with Crippen molar-refractivity contribution in [2.24, 2.45) is 5.92 Å². The van der Waals surface area contributed by atoms with Gasteiger partial charge in [0, 0.05) is 25.0 Å². The summed E-state index contributed by atoms with van der Waals surface area (Å²) in [7, 11) is 0. The average Bonchev–Trinajstić information content (AvgIpc) is 2.66. The lowest BCUT2D eigenvalue weighted by Crippen LogP contribution is -2.68. The molecule has 1 aromatic heterocycles. The van der Waals surface area contributed by atoms with Gasteiger partial charge in [0.15, 0.2) is 0 Å². The van der Waals surface area contributed by atoms with Crippen molar-refractivity contribution < 1.29 is 14.3 Å². The van der Waals surface area contributed by atoms with E-state index in [1.165, 1.54) is 0 Å². The monoisotopic (exact) mass is 374 g/mol. The number of hydrogen-bond donors (Lipinski definition) is 0. The SMILES string of the molecule is CCN1CCC(C(=O)N2CC3(C[C@@H](Oc4cncc(C)n4)CCO3)C2)CC1. The molecule has 7 nitrogen and oxygen atoms in total. The van der Waals surface area contributed by atoms with E-state index in [9.17, 15) is 4.79 Å². The fraction of sp³-hybridized carbons (Fsp3) is 0.750. The number of hydrogen-bond acceptors (Lipinski definition) is 6. The Bertz CT molecular complexity index is 669. The van der Waals surface area contributed by atoms with Crippen molar-refractivity contribution in [3.05, 3.63) is 18.1 Å². The minimum absolute atomic E-state index is 0.0693. The van der Waals surface area contributed by atoms with Crippen LogP contribution in [0.2, 0.25) is 0 Å². The Morgan fingerprint density at radius 2 is 2.07 bits per heavy atom. The van der Waals surface area contributed by atoms with Gasteiger partial charge in [-0.15, -0.1) is 0 Å². The van der Waals surface area contributed by atoms with Crippen LogP contribution in [0.4, 0.5) is 0 Å². The van der Waals surface area contributed by atoms with Gasteiger partial charge < -0.3 is 19.3 Å². The quantitative estimate of drug-likeness (QED) is 0.798. The second-order valence-corrected chi connectivity index (χ2v) is 8.17. The summed E-state index contributed by atoms with van der Waals surface area (Å²) in [5.74, 6) is 1.07. The number of piperidine rings is 1. The zero-order valence-corrected chi connectivity index (χ0v) is 16.4. The van der Waals surface area contributed by atoms with E-state index in [1.807, 2.05) is 11.8 Å². The molecule has 7 heteroatoms. The van der Waals surface area contributed by atoms with Crippen molar-refractivity contribution in [1.82, 2.24) is 19.8 Å². The Hall–Kier alpha value is -1.73. The maximum absolute atomic E-state index is 12.8. The molecule has 1 atom stereocenters. The smallest absolute Gasteiger partial charge is 0.232 e. The van der Waals surface area contributed by atoms with E-state index in [4.69, 9.17) is 9.47 Å². The number of nitrogens with zero attached hydrogens (tertiary/aromatic N) is 4. The molecule has 3 saturated heterocycles. The molecule has 0 aromatic carbocycles. The first-order valence-electron chi connectivity index (χ1n) is 10.2. The van der Waals surface area contributed by atoms with E-state index in [-0.39, 0.29) is 17.6 Å². The van der Waals surface area contributed by atoms with Gasteiger partial charge in [0.25, 0.3) is 0 Å². The zero-order valence-electron chi connectivity index (χ0n) is 16.4. The minimum atomic E-state index is -0.236. The van der Waals surface area contributed by atoms with Crippen molar-refractivity contribution in [2.45, 2.75) is 51.2 Å². The molecule has 0 radical (unpaired) electrons. The average molecular weight is 374 g/mol. The summed E-state index contributed by atoms with van der Waals surface area (Å²) in [5, 5.41) is 0. The summed E-state index contributed by atoms with van der Waals surface area (Å²) in [6, 6.07) is 0. The summed E-state index contributed by atoms with van der Waals surface area (Å²) in [4.78, 5) is 25.7. The van der Waals surface area contributed by atoms with Crippen LogP contribution < -0.4 is 4.74 Å². The van der Waals surface area contributed by atoms with Gasteiger partial charge in [0.1, 0.15) is 11.7 Å². The largest absolute Gasteiger partial charge is 0.473 e. The fourth-order valence-electron chi connectivity index (χ4n) is 4.53. The molecule has 0 aliphatic carbocycles. The Kier molecular flexibility index (Phi) is 5.32. The Labute approximate surface area is 161 Å². The second-order valence-electron chi connectivity index (χ2n) is 8.17. The minimum Gasteiger partial charge on any atom is -0.473 e. The number of carbonyl (C=O) groups is 1. The van der Waals surface area contributed by atoms with E-state index < -0.39 is 0 Å². The van der Waals surface area contributed by atoms with E-state index >= 15 is 0 Å². The Balaban J connectivity index is 1.29. The number of aromatic nitrogens is 2. The molecule has 1 aromatic rings. The van der Waals surface area contributed by atoms with Gasteiger partial charge in [-0.1, -0.05) is 6.92 Å². The van der Waals surface area contributed by atoms with Crippen molar-refractivity contribution >= 4 is 5.91 Å². The molecular weight excluding hydrogens is 344 g/mol. The van der Waals surface area contributed by atoms with Gasteiger partial charge >= 0.3 is 0 Å². The highest BCUT2D eigenvalue weighted by Crippen LogP contribution is 2.37. The predicted molar refractivity (Wildman–Crippen MR) is 101 cm³/mol. The van der Waals surface area contributed by atoms with Crippen molar-refractivity contribution in [3.8, 4) is 5.88 Å². The second kappa shape index (κ2) is 7.72. The third-order valence-electron chi connectivity index (χ3n) is 6.12. The molecule has 4 rings (SSSR count). The molecule has 3 aliphatic rings. The number of carbonyl (C=O) groups excluding carboxylic acids is 1. The van der Waals surface area contributed by atoms with Crippen molar-refractivity contribution in [3.63, 3.8) is 0 Å². The summed E-state index contributed by atoms with van der Waals surface area (Å²) in [6.07, 6.45) is 7.07. The van der Waals surface area contributed by atoms with Crippen molar-refractivity contribution in [1.29, 1.82) is 0 Å². The molecule has 1 spiro atoms. The van der Waals surface area contributed by atoms with Gasteiger partial charge in [-0.05, 0) is 39.4 Å². The summed E-state index contributed by atoms with van der Waals surface area (Å²) in [5.41, 5.74) is 0.615. The molecular formula is C20H30N4O3. The third kappa shape index (κ3) is 4.09. The van der Waals surface area contributed by atoms with E-state index in [1.54, 1.807) is 12.4 Å². The summed E-state index contributed by atoms with van der Waals surface area (Å²) in [6.45, 7) is 9.30. The van der Waals surface area contributed by atoms with Gasteiger partial charge in [-0.2, -0.15) is 0 Å². The highest BCUT2D eigenvalue weighted by atomic mass is 16.5. The van der Waals surface area contributed by atoms with Crippen LogP contribution in [0.3, 0.4) is 0 Å². The topological polar surface area (TPSA) is 67.8 Å². The number of rotatable bonds is 4. The van der Waals surface area contributed by atoms with Gasteiger partial charge in [0.05, 0.1) is 31.6 Å². The summed E-state index contributed by atoms with van der Waals surface area (Å²) >= 11 is 0. The number of aryl methyl sites for hydroxylation is 1. The third-order valence-corrected chi connectivity index (χ3v) is 6.12. The van der Waals surface area contributed by atoms with Crippen LogP contribution in [-0.2, 0) is 9.53 Å². The molecule has 148 valence electrons. The standard InChI is InChI=1S/C20H30N4O3/c1-3-23-7-4-16(5-8-23)19(25)24-13-20(14-24)10-17(6-9-26-20)27-18-12-21-11-15(2)22-18/h11-12,16-17H,3-10,13-14H2,1-2H3/t17-/m0/s1. The maximum Gasteiger partial charge on any atom is 0.232 e. The van der Waals surface area contributed by atoms with Crippen molar-refractivity contribution in [2.75, 3.05) is 39.3 Å². The van der Waals surface area contributed by atoms with Gasteiger partial charge in [-0.3, -0.25) is 9.78 Å². The normalized spacial score (nSPS) is 26.0. The highest BCUT2D eigenvalue weighted by molar-refractivity contribution is 5.80. The fourth-order valence-corrected chi connectivity index (χ4v) is 4.53. The van der Waals surface area contributed by atoms with Crippen LogP contribution >= 0.6 is 0 Å². The first-order chi connectivity index (χ1) is 13.1. The molecule has 3 fully saturated rings. The van der Waals surface area contributed by atoms with Gasteiger partial charge in [-0.25, -0.2) is 4.98 Å². The van der Waals surface area contributed by atoms with Crippen LogP contribution in [0, 0.1) is 12.8 Å². The molecule has 0 saturated carbocycles. The van der Waals surface area contributed by atoms with E-state index in [2.05, 4.69) is 21.8 Å². The number of ether oxygens (including phenoxy) is 2. The van der Waals surface area contributed by atoms with Gasteiger partial charge in [0.2, 0.25) is 11.8 Å². The molecule has 0 bridgehead atoms. The van der Waals surface area contributed by atoms with Crippen LogP contribution in [0.1, 0.15) is 38.3 Å². The molecule has 1 amide bonds. The number of amides is 1. The van der Waals surface area contributed by atoms with Crippen LogP contribution in [0.5, 0.6) is 5.88 Å². The molecule has 0 unspecified atom stereocenters. The van der Waals surface area contributed by atoms with E-state index in [0.29, 0.717) is 31.5 Å². The lowest BCUT2D eigenvalue weighted by Gasteiger charge is -2.53. The first-order valence-corrected chi connectivity index (χ1v) is 10.2. The molecule has 0 N–H and O–H groups in total. The molecule has 27 heavy (non-hydrogen) atoms. The predicted octanol–water partition coefficient (Wildman–Crippen LogP) is 1.66. The number of likely N-dealkylation sites (tertiary alicyclic amines) is 2. The maximum atomic E-state index is 12.8. The Morgan fingerprint density at radius 1 is 1.30 bits per heavy atom. The first kappa shape index (κ1) is 18.6. The van der Waals surface area contributed by atoms with Crippen LogP contribution in [0.15, 0.2) is 12.4 Å². The van der Waals surface area contributed by atoms with Crippen LogP contribution in [-0.4, -0.2) is 76.7 Å². The van der Waals surface area contributed by atoms with Crippen LogP contribution in [0.25, 0.3) is 0 Å². The summed E-state index contributed by atoms with van der Waals surface area (Å²) < 4.78 is 12.1. The molecule has 3 aliphatic heterocycles. The highest BCUT2D eigenvalue weighted by Gasteiger charge is 2.50. The lowest BCUT2D eigenvalue weighted by atomic mass is 9.83. The zero-order chi connectivity index (χ0) is 18.9.